The van der Waals surface area contributed by atoms with Gasteiger partial charge in [-0.1, -0.05) is 19.1 Å². The van der Waals surface area contributed by atoms with Crippen LogP contribution in [0.3, 0.4) is 0 Å². The Labute approximate surface area is 215 Å². The first-order valence-electron chi connectivity index (χ1n) is 12.8. The Bertz CT molecular complexity index is 1270. The van der Waals surface area contributed by atoms with Crippen molar-refractivity contribution in [3.05, 3.63) is 29.5 Å². The zero-order valence-electron chi connectivity index (χ0n) is 20.8. The van der Waals surface area contributed by atoms with Crippen LogP contribution in [0, 0.1) is 0 Å². The molecule has 2 saturated heterocycles. The molecule has 11 heteroatoms. The number of piperidine rings is 1. The van der Waals surface area contributed by atoms with Gasteiger partial charge in [0.25, 0.3) is 0 Å². The lowest BCUT2D eigenvalue weighted by molar-refractivity contribution is 0.0903. The topological polar surface area (TPSA) is 110 Å². The molecule has 6 rings (SSSR count). The highest BCUT2D eigenvalue weighted by Gasteiger charge is 2.46. The second kappa shape index (κ2) is 9.04. The van der Waals surface area contributed by atoms with Crippen molar-refractivity contribution in [1.82, 2.24) is 9.97 Å². The molecular weight excluding hydrogens is 498 g/mol. The zero-order valence-corrected chi connectivity index (χ0v) is 22.5. The fourth-order valence-corrected chi connectivity index (χ4v) is 8.35. The maximum atomic E-state index is 12.7. The SMILES string of the molecule is CCC1(c2cccc3c2N3S(C)(=O)=O)CCN(c2nc3c(c(NC4CCOCC4)n2)[S+]([O-])CC3)CC1. The van der Waals surface area contributed by atoms with E-state index in [1.807, 2.05) is 12.1 Å². The van der Waals surface area contributed by atoms with Crippen molar-refractivity contribution >= 4 is 44.3 Å². The summed E-state index contributed by atoms with van der Waals surface area (Å²) in [5, 5.41) is 3.56. The van der Waals surface area contributed by atoms with Gasteiger partial charge in [-0.05, 0) is 54.9 Å². The normalized spacial score (nSPS) is 23.4. The molecule has 0 radical (unpaired) electrons. The molecule has 0 aliphatic carbocycles. The van der Waals surface area contributed by atoms with Crippen LogP contribution in [0.1, 0.15) is 50.3 Å². The lowest BCUT2D eigenvalue weighted by Crippen LogP contribution is -2.43. The first kappa shape index (κ1) is 24.3. The number of hydrogen-bond acceptors (Lipinski definition) is 8. The number of sulfonamides is 1. The van der Waals surface area contributed by atoms with Crippen LogP contribution >= 0.6 is 0 Å². The maximum absolute atomic E-state index is 12.7. The van der Waals surface area contributed by atoms with Crippen LogP contribution in [0.25, 0.3) is 0 Å². The molecule has 0 spiro atoms. The second-order valence-corrected chi connectivity index (χ2v) is 13.6. The Kier molecular flexibility index (Phi) is 6.09. The van der Waals surface area contributed by atoms with E-state index in [4.69, 9.17) is 14.7 Å². The predicted octanol–water partition coefficient (Wildman–Crippen LogP) is 3.09. The molecule has 2 fully saturated rings. The molecule has 0 amide bonds. The molecule has 2 aromatic rings. The Morgan fingerprint density at radius 2 is 1.97 bits per heavy atom. The van der Waals surface area contributed by atoms with Gasteiger partial charge in [0.05, 0.1) is 17.6 Å². The number of aromatic nitrogens is 2. The molecule has 0 saturated carbocycles. The van der Waals surface area contributed by atoms with Gasteiger partial charge in [0.15, 0.2) is 5.82 Å². The van der Waals surface area contributed by atoms with Crippen LogP contribution in [0.2, 0.25) is 0 Å². The maximum Gasteiger partial charge on any atom is 0.236 e. The van der Waals surface area contributed by atoms with Gasteiger partial charge in [0.1, 0.15) is 11.4 Å². The van der Waals surface area contributed by atoms with E-state index in [0.29, 0.717) is 18.1 Å². The van der Waals surface area contributed by atoms with Crippen molar-refractivity contribution in [1.29, 1.82) is 0 Å². The van der Waals surface area contributed by atoms with Gasteiger partial charge in [-0.3, -0.25) is 0 Å². The van der Waals surface area contributed by atoms with E-state index in [1.54, 1.807) is 0 Å². The van der Waals surface area contributed by atoms with Crippen LogP contribution in [0.4, 0.5) is 23.1 Å². The summed E-state index contributed by atoms with van der Waals surface area (Å²) in [5.74, 6) is 2.03. The lowest BCUT2D eigenvalue weighted by atomic mass is 9.71. The van der Waals surface area contributed by atoms with Crippen molar-refractivity contribution in [2.75, 3.05) is 52.8 Å². The van der Waals surface area contributed by atoms with Crippen LogP contribution < -0.4 is 14.5 Å². The summed E-state index contributed by atoms with van der Waals surface area (Å²) in [4.78, 5) is 12.8. The number of ether oxygens (including phenoxy) is 1. The quantitative estimate of drug-likeness (QED) is 0.447. The van der Waals surface area contributed by atoms with Gasteiger partial charge in [-0.25, -0.2) is 17.7 Å². The molecule has 9 nitrogen and oxygen atoms in total. The van der Waals surface area contributed by atoms with Crippen LogP contribution in [-0.2, 0) is 37.8 Å². The Morgan fingerprint density at radius 3 is 2.67 bits per heavy atom. The molecular formula is C25H33N5O4S2. The largest absolute Gasteiger partial charge is 0.611 e. The van der Waals surface area contributed by atoms with E-state index in [0.717, 1.165) is 91.8 Å². The number of hydrogen-bond donors (Lipinski definition) is 1. The molecule has 1 atom stereocenters. The first-order chi connectivity index (χ1) is 17.3. The van der Waals surface area contributed by atoms with Crippen molar-refractivity contribution in [2.45, 2.75) is 61.8 Å². The third kappa shape index (κ3) is 4.13. The van der Waals surface area contributed by atoms with E-state index in [1.165, 1.54) is 10.6 Å². The van der Waals surface area contributed by atoms with Gasteiger partial charge in [0.2, 0.25) is 20.9 Å². The number of rotatable bonds is 6. The monoisotopic (exact) mass is 531 g/mol. The van der Waals surface area contributed by atoms with Crippen LogP contribution in [-0.4, -0.2) is 67.3 Å². The number of benzene rings is 1. The standard InChI is InChI=1S/C25H33N5O4S2/c1-3-25(18-5-4-6-20-21(18)30(20)36(2,32)33)10-12-29(13-11-25)24-27-19-9-16-35(31)22(19)23(28-24)26-17-7-14-34-15-8-17/h4-6,17H,3,7-16H2,1-2H3,(H,26,27,28). The van der Waals surface area contributed by atoms with Crippen LogP contribution in [0.5, 0.6) is 0 Å². The number of anilines is 4. The smallest absolute Gasteiger partial charge is 0.236 e. The van der Waals surface area contributed by atoms with Crippen molar-refractivity contribution in [3.8, 4) is 0 Å². The highest BCUT2D eigenvalue weighted by molar-refractivity contribution is 7.93. The van der Waals surface area contributed by atoms with E-state index in [-0.39, 0.29) is 11.5 Å². The fourth-order valence-electron chi connectivity index (χ4n) is 6.05. The van der Waals surface area contributed by atoms with Crippen LogP contribution in [0.15, 0.2) is 23.1 Å². The molecule has 194 valence electrons. The van der Waals surface area contributed by atoms with Crippen molar-refractivity contribution in [3.63, 3.8) is 0 Å². The Morgan fingerprint density at radius 1 is 1.22 bits per heavy atom. The summed E-state index contributed by atoms with van der Waals surface area (Å²) in [7, 11) is -3.30. The summed E-state index contributed by atoms with van der Waals surface area (Å²) in [6, 6.07) is 6.22. The second-order valence-electron chi connectivity index (χ2n) is 10.3. The minimum absolute atomic E-state index is 0.0807. The molecule has 1 aromatic carbocycles. The average Bonchev–Trinajstić information content (AvgIpc) is 3.53. The lowest BCUT2D eigenvalue weighted by Gasteiger charge is -2.42. The van der Waals surface area contributed by atoms with Gasteiger partial charge >= 0.3 is 0 Å². The third-order valence-electron chi connectivity index (χ3n) is 8.21. The molecule has 4 aliphatic rings. The van der Waals surface area contributed by atoms with E-state index in [2.05, 4.69) is 23.2 Å². The van der Waals surface area contributed by atoms with Crippen molar-refractivity contribution < 1.29 is 17.7 Å². The highest BCUT2D eigenvalue weighted by Crippen LogP contribution is 2.57. The van der Waals surface area contributed by atoms with E-state index >= 15 is 0 Å². The van der Waals surface area contributed by atoms with Gasteiger partial charge in [-0.15, -0.1) is 0 Å². The number of nitrogens with one attached hydrogen (secondary N) is 1. The number of nitrogens with zero attached hydrogens (tertiary/aromatic N) is 4. The third-order valence-corrected chi connectivity index (χ3v) is 10.7. The Hall–Kier alpha value is -2.08. The molecule has 36 heavy (non-hydrogen) atoms. The molecule has 0 bridgehead atoms. The number of para-hydroxylation sites is 1. The van der Waals surface area contributed by atoms with E-state index < -0.39 is 21.2 Å². The number of aryl methyl sites for hydroxylation is 1. The fraction of sp³-hybridized carbons (Fsp3) is 0.600. The Balaban J connectivity index is 1.25. The minimum atomic E-state index is -3.30. The summed E-state index contributed by atoms with van der Waals surface area (Å²) >= 11 is -1.06. The van der Waals surface area contributed by atoms with Crippen molar-refractivity contribution in [2.24, 2.45) is 0 Å². The van der Waals surface area contributed by atoms with Gasteiger partial charge < -0.3 is 19.5 Å². The molecule has 1 aromatic heterocycles. The summed E-state index contributed by atoms with van der Waals surface area (Å²) in [6.07, 6.45) is 6.53. The number of fused-ring (bicyclic) bond motifs is 2. The zero-order chi connectivity index (χ0) is 25.1. The van der Waals surface area contributed by atoms with Gasteiger partial charge in [0, 0.05) is 44.2 Å². The minimum Gasteiger partial charge on any atom is -0.611 e. The average molecular weight is 532 g/mol. The highest BCUT2D eigenvalue weighted by atomic mass is 32.2. The summed E-state index contributed by atoms with van der Waals surface area (Å²) in [5.41, 5.74) is 3.64. The molecule has 4 aliphatic heterocycles. The molecule has 1 N–H and O–H groups in total. The van der Waals surface area contributed by atoms with E-state index in [9.17, 15) is 13.0 Å². The molecule has 5 heterocycles. The molecule has 1 unspecified atom stereocenters. The summed E-state index contributed by atoms with van der Waals surface area (Å²) < 4.78 is 44.3. The summed E-state index contributed by atoms with van der Waals surface area (Å²) in [6.45, 7) is 5.22. The predicted molar refractivity (Wildman–Crippen MR) is 141 cm³/mol. The first-order valence-corrected chi connectivity index (χ1v) is 16.0. The van der Waals surface area contributed by atoms with Gasteiger partial charge in [-0.2, -0.15) is 4.98 Å².